The summed E-state index contributed by atoms with van der Waals surface area (Å²) in [5.74, 6) is 0.278. The molecule has 1 aromatic carbocycles. The molecular formula is C23H25NO4. The second-order valence-electron chi connectivity index (χ2n) is 6.42. The standard InChI is InChI=1S/C22H23NO2.CH2O2/c1-17(10-11-18-7-4-2-3-5-8-18)23-20-14-12-19(13-15-20)22(24)21-9-6-16-25-21;2-1-3/h2-7,9,12-17,23H,8,10-11H2,1H3;1H,(H,2,3). The minimum Gasteiger partial charge on any atom is -0.483 e. The Kier molecular flexibility index (Phi) is 8.53. The van der Waals surface area contributed by atoms with Crippen molar-refractivity contribution >= 4 is 17.9 Å². The van der Waals surface area contributed by atoms with Gasteiger partial charge >= 0.3 is 0 Å². The van der Waals surface area contributed by atoms with Crippen LogP contribution in [-0.2, 0) is 4.79 Å². The summed E-state index contributed by atoms with van der Waals surface area (Å²) in [6, 6.07) is 11.3. The number of carbonyl (C=O) groups excluding carboxylic acids is 1. The van der Waals surface area contributed by atoms with Gasteiger partial charge in [0.05, 0.1) is 6.26 Å². The summed E-state index contributed by atoms with van der Waals surface area (Å²) in [6.45, 7) is 1.94. The molecule has 2 N–H and O–H groups in total. The molecule has 2 aromatic rings. The van der Waals surface area contributed by atoms with Crippen molar-refractivity contribution in [3.8, 4) is 0 Å². The van der Waals surface area contributed by atoms with Gasteiger partial charge in [-0.25, -0.2) is 0 Å². The molecule has 1 unspecified atom stereocenters. The third-order valence-electron chi connectivity index (χ3n) is 4.27. The summed E-state index contributed by atoms with van der Waals surface area (Å²) in [4.78, 5) is 20.6. The van der Waals surface area contributed by atoms with E-state index < -0.39 is 0 Å². The number of furan rings is 1. The van der Waals surface area contributed by atoms with E-state index in [2.05, 4.69) is 42.6 Å². The Morgan fingerprint density at radius 1 is 1.21 bits per heavy atom. The first-order valence-corrected chi connectivity index (χ1v) is 9.18. The van der Waals surface area contributed by atoms with E-state index in [-0.39, 0.29) is 12.3 Å². The highest BCUT2D eigenvalue weighted by Gasteiger charge is 2.11. The van der Waals surface area contributed by atoms with Crippen LogP contribution in [0.25, 0.3) is 0 Å². The molecular weight excluding hydrogens is 354 g/mol. The van der Waals surface area contributed by atoms with Crippen molar-refractivity contribution in [3.63, 3.8) is 0 Å². The molecule has 0 radical (unpaired) electrons. The lowest BCUT2D eigenvalue weighted by Gasteiger charge is -2.16. The molecule has 5 heteroatoms. The van der Waals surface area contributed by atoms with E-state index in [0.29, 0.717) is 17.4 Å². The van der Waals surface area contributed by atoms with Crippen LogP contribution in [0, 0.1) is 0 Å². The Balaban J connectivity index is 0.000000878. The Labute approximate surface area is 165 Å². The lowest BCUT2D eigenvalue weighted by Crippen LogP contribution is -2.15. The van der Waals surface area contributed by atoms with Gasteiger partial charge in [0.25, 0.3) is 6.47 Å². The van der Waals surface area contributed by atoms with Gasteiger partial charge < -0.3 is 14.8 Å². The number of rotatable bonds is 7. The fourth-order valence-corrected chi connectivity index (χ4v) is 2.83. The highest BCUT2D eigenvalue weighted by atomic mass is 16.3. The van der Waals surface area contributed by atoms with Gasteiger partial charge in [0.15, 0.2) is 5.76 Å². The molecule has 28 heavy (non-hydrogen) atoms. The molecule has 1 aliphatic rings. The number of ketones is 1. The first-order valence-electron chi connectivity index (χ1n) is 9.18. The Morgan fingerprint density at radius 3 is 2.64 bits per heavy atom. The second kappa shape index (κ2) is 11.4. The van der Waals surface area contributed by atoms with Gasteiger partial charge in [0, 0.05) is 17.3 Å². The molecule has 1 aliphatic carbocycles. The van der Waals surface area contributed by atoms with E-state index in [1.54, 1.807) is 12.1 Å². The minimum absolute atomic E-state index is 0.0917. The lowest BCUT2D eigenvalue weighted by molar-refractivity contribution is -0.122. The average molecular weight is 379 g/mol. The smallest absolute Gasteiger partial charge is 0.290 e. The summed E-state index contributed by atoms with van der Waals surface area (Å²) >= 11 is 0. The number of nitrogens with one attached hydrogen (secondary N) is 1. The number of hydrogen-bond donors (Lipinski definition) is 2. The topological polar surface area (TPSA) is 79.5 Å². The summed E-state index contributed by atoms with van der Waals surface area (Å²) in [5.41, 5.74) is 3.12. The minimum atomic E-state index is -0.250. The number of carbonyl (C=O) groups is 2. The Bertz CT molecular complexity index is 830. The molecule has 0 saturated carbocycles. The van der Waals surface area contributed by atoms with Crippen LogP contribution in [0.1, 0.15) is 42.3 Å². The van der Waals surface area contributed by atoms with Crippen LogP contribution in [-0.4, -0.2) is 23.4 Å². The highest BCUT2D eigenvalue weighted by Crippen LogP contribution is 2.18. The van der Waals surface area contributed by atoms with Crippen molar-refractivity contribution in [2.75, 3.05) is 5.32 Å². The number of benzene rings is 1. The van der Waals surface area contributed by atoms with Crippen molar-refractivity contribution < 1.29 is 19.1 Å². The first kappa shape index (κ1) is 21.0. The van der Waals surface area contributed by atoms with Crippen LogP contribution in [0.4, 0.5) is 5.69 Å². The molecule has 0 amide bonds. The molecule has 3 rings (SSSR count). The van der Waals surface area contributed by atoms with Gasteiger partial charge in [-0.3, -0.25) is 9.59 Å². The van der Waals surface area contributed by atoms with Crippen LogP contribution in [0.2, 0.25) is 0 Å². The monoisotopic (exact) mass is 379 g/mol. The van der Waals surface area contributed by atoms with Crippen LogP contribution in [0.5, 0.6) is 0 Å². The van der Waals surface area contributed by atoms with Crippen LogP contribution in [0.3, 0.4) is 0 Å². The van der Waals surface area contributed by atoms with Gasteiger partial charge in [-0.2, -0.15) is 0 Å². The molecule has 0 fully saturated rings. The molecule has 1 aromatic heterocycles. The van der Waals surface area contributed by atoms with E-state index in [1.165, 1.54) is 11.8 Å². The van der Waals surface area contributed by atoms with Crippen molar-refractivity contribution in [1.82, 2.24) is 0 Å². The van der Waals surface area contributed by atoms with E-state index in [9.17, 15) is 4.79 Å². The quantitative estimate of drug-likeness (QED) is 0.508. The van der Waals surface area contributed by atoms with Crippen molar-refractivity contribution in [2.24, 2.45) is 0 Å². The molecule has 5 nitrogen and oxygen atoms in total. The second-order valence-corrected chi connectivity index (χ2v) is 6.42. The molecule has 0 spiro atoms. The molecule has 0 bridgehead atoms. The maximum absolute atomic E-state index is 12.2. The van der Waals surface area contributed by atoms with Gasteiger partial charge in [-0.05, 0) is 62.6 Å². The molecule has 0 aliphatic heterocycles. The largest absolute Gasteiger partial charge is 0.483 e. The first-order chi connectivity index (χ1) is 13.6. The van der Waals surface area contributed by atoms with Crippen LogP contribution in [0.15, 0.2) is 83.0 Å². The number of allylic oxidation sites excluding steroid dienone is 6. The highest BCUT2D eigenvalue weighted by molar-refractivity contribution is 6.07. The predicted octanol–water partition coefficient (Wildman–Crippen LogP) is 5.23. The van der Waals surface area contributed by atoms with Crippen LogP contribution >= 0.6 is 0 Å². The number of hydrogen-bond acceptors (Lipinski definition) is 4. The lowest BCUT2D eigenvalue weighted by atomic mass is 10.0. The normalized spacial score (nSPS) is 13.5. The molecule has 146 valence electrons. The van der Waals surface area contributed by atoms with E-state index in [0.717, 1.165) is 24.9 Å². The maximum Gasteiger partial charge on any atom is 0.290 e. The fourth-order valence-electron chi connectivity index (χ4n) is 2.83. The Morgan fingerprint density at radius 2 is 1.96 bits per heavy atom. The maximum atomic E-state index is 12.2. The predicted molar refractivity (Wildman–Crippen MR) is 111 cm³/mol. The van der Waals surface area contributed by atoms with Crippen molar-refractivity contribution in [2.45, 2.75) is 32.2 Å². The Hall–Kier alpha value is -3.34. The third kappa shape index (κ3) is 6.76. The zero-order valence-corrected chi connectivity index (χ0v) is 15.9. The van der Waals surface area contributed by atoms with E-state index >= 15 is 0 Å². The molecule has 1 atom stereocenters. The molecule has 1 heterocycles. The van der Waals surface area contributed by atoms with E-state index in [4.69, 9.17) is 14.3 Å². The summed E-state index contributed by atoms with van der Waals surface area (Å²) < 4.78 is 5.16. The van der Waals surface area contributed by atoms with Gasteiger partial charge in [0.1, 0.15) is 0 Å². The average Bonchev–Trinajstić information content (AvgIpc) is 3.11. The van der Waals surface area contributed by atoms with Gasteiger partial charge in [-0.1, -0.05) is 36.0 Å². The van der Waals surface area contributed by atoms with Gasteiger partial charge in [-0.15, -0.1) is 0 Å². The fraction of sp³-hybridized carbons (Fsp3) is 0.217. The third-order valence-corrected chi connectivity index (χ3v) is 4.27. The number of anilines is 1. The molecule has 0 saturated heterocycles. The van der Waals surface area contributed by atoms with Crippen molar-refractivity contribution in [3.05, 3.63) is 89.9 Å². The van der Waals surface area contributed by atoms with Crippen LogP contribution < -0.4 is 5.32 Å². The summed E-state index contributed by atoms with van der Waals surface area (Å²) in [6.07, 6.45) is 15.4. The zero-order valence-electron chi connectivity index (χ0n) is 15.9. The summed E-state index contributed by atoms with van der Waals surface area (Å²) in [5, 5.41) is 10.4. The van der Waals surface area contributed by atoms with Crippen molar-refractivity contribution in [1.29, 1.82) is 0 Å². The SMILES string of the molecule is CC(CCC1=CC=CC=CC1)Nc1ccc(C(=O)c2ccco2)cc1.O=CO. The summed E-state index contributed by atoms with van der Waals surface area (Å²) in [7, 11) is 0. The van der Waals surface area contributed by atoms with E-state index in [1.807, 2.05) is 24.3 Å². The zero-order chi connectivity index (χ0) is 20.2. The number of carboxylic acid groups (broad SMARTS) is 1. The van der Waals surface area contributed by atoms with Gasteiger partial charge in [0.2, 0.25) is 5.78 Å².